The predicted molar refractivity (Wildman–Crippen MR) is 30.5 cm³/mol. The maximum absolute atomic E-state index is 9.31. The molecule has 0 aliphatic heterocycles. The molecule has 8 heavy (non-hydrogen) atoms. The lowest BCUT2D eigenvalue weighted by Gasteiger charge is -2.19. The van der Waals surface area contributed by atoms with Gasteiger partial charge in [0.25, 0.3) is 0 Å². The lowest BCUT2D eigenvalue weighted by molar-refractivity contribution is -0.0382. The zero-order valence-corrected chi connectivity index (χ0v) is 4.89. The zero-order chi connectivity index (χ0) is 7.99. The molecule has 0 bridgehead atoms. The SMILES string of the molecule is [2H]C1([2H])C[C@H](O)[C@](C)(O)C1. The van der Waals surface area contributed by atoms with Crippen LogP contribution in [0.2, 0.25) is 0 Å². The van der Waals surface area contributed by atoms with Crippen LogP contribution in [0.4, 0.5) is 0 Å². The van der Waals surface area contributed by atoms with E-state index in [0.29, 0.717) is 0 Å². The van der Waals surface area contributed by atoms with Crippen LogP contribution >= 0.6 is 0 Å². The van der Waals surface area contributed by atoms with E-state index in [1.165, 1.54) is 6.92 Å². The molecule has 0 heterocycles. The van der Waals surface area contributed by atoms with Gasteiger partial charge in [-0.3, -0.25) is 0 Å². The van der Waals surface area contributed by atoms with Crippen LogP contribution in [0.15, 0.2) is 0 Å². The van der Waals surface area contributed by atoms with Crippen LogP contribution in [0, 0.1) is 0 Å². The minimum atomic E-state index is -1.40. The molecular weight excluding hydrogens is 104 g/mol. The van der Waals surface area contributed by atoms with Crippen LogP contribution in [0.5, 0.6) is 0 Å². The molecule has 2 heteroatoms. The number of hydrogen-bond acceptors (Lipinski definition) is 2. The molecule has 0 saturated heterocycles. The lowest BCUT2D eigenvalue weighted by atomic mass is 10.0. The molecule has 0 aromatic carbocycles. The number of aliphatic hydroxyl groups is 2. The van der Waals surface area contributed by atoms with E-state index >= 15 is 0 Å². The highest BCUT2D eigenvalue weighted by Crippen LogP contribution is 2.28. The van der Waals surface area contributed by atoms with E-state index in [9.17, 15) is 5.11 Å². The Kier molecular flexibility index (Phi) is 0.822. The molecule has 1 saturated carbocycles. The highest BCUT2D eigenvalue weighted by Gasteiger charge is 2.34. The van der Waals surface area contributed by atoms with Crippen molar-refractivity contribution in [2.45, 2.75) is 37.8 Å². The molecule has 0 aromatic heterocycles. The molecule has 0 amide bonds. The summed E-state index contributed by atoms with van der Waals surface area (Å²) in [7, 11) is 0. The number of aliphatic hydroxyl groups excluding tert-OH is 1. The molecule has 1 fully saturated rings. The van der Waals surface area contributed by atoms with Gasteiger partial charge in [0.2, 0.25) is 0 Å². The van der Waals surface area contributed by atoms with Gasteiger partial charge in [0.05, 0.1) is 11.7 Å². The largest absolute Gasteiger partial charge is 0.390 e. The van der Waals surface area contributed by atoms with E-state index in [1.54, 1.807) is 0 Å². The van der Waals surface area contributed by atoms with Crippen molar-refractivity contribution in [3.63, 3.8) is 0 Å². The third kappa shape index (κ3) is 0.858. The molecule has 0 unspecified atom stereocenters. The van der Waals surface area contributed by atoms with E-state index in [-0.39, 0.29) is 12.8 Å². The van der Waals surface area contributed by atoms with Gasteiger partial charge in [-0.25, -0.2) is 0 Å². The van der Waals surface area contributed by atoms with Crippen molar-refractivity contribution in [1.82, 2.24) is 0 Å². The number of rotatable bonds is 0. The molecule has 1 aliphatic carbocycles. The Hall–Kier alpha value is -0.0800. The second-order valence-corrected chi connectivity index (χ2v) is 2.50. The Balaban J connectivity index is 2.71. The van der Waals surface area contributed by atoms with E-state index in [0.717, 1.165) is 0 Å². The molecule has 48 valence electrons. The van der Waals surface area contributed by atoms with Crippen molar-refractivity contribution in [3.8, 4) is 0 Å². The summed E-state index contributed by atoms with van der Waals surface area (Å²) in [5.74, 6) is 0. The molecular formula is C6H12O2. The first-order valence-electron chi connectivity index (χ1n) is 3.74. The molecule has 1 aliphatic rings. The summed E-state index contributed by atoms with van der Waals surface area (Å²) in [5, 5.41) is 18.4. The Morgan fingerprint density at radius 3 is 2.62 bits per heavy atom. The highest BCUT2D eigenvalue weighted by atomic mass is 16.3. The smallest absolute Gasteiger partial charge is 0.0877 e. The fraction of sp³-hybridized carbons (Fsp3) is 1.00. The van der Waals surface area contributed by atoms with Crippen LogP contribution in [-0.4, -0.2) is 21.9 Å². The Morgan fingerprint density at radius 2 is 2.50 bits per heavy atom. The summed E-state index contributed by atoms with van der Waals surface area (Å²) < 4.78 is 14.4. The molecule has 2 atom stereocenters. The highest BCUT2D eigenvalue weighted by molar-refractivity contribution is 4.87. The van der Waals surface area contributed by atoms with Crippen molar-refractivity contribution in [1.29, 1.82) is 0 Å². The Labute approximate surface area is 52.0 Å². The second-order valence-electron chi connectivity index (χ2n) is 2.50. The molecule has 2 nitrogen and oxygen atoms in total. The van der Waals surface area contributed by atoms with Gasteiger partial charge in [0.15, 0.2) is 0 Å². The summed E-state index contributed by atoms with van der Waals surface area (Å²) in [6.07, 6.45) is -2.24. The Morgan fingerprint density at radius 1 is 1.88 bits per heavy atom. The summed E-state index contributed by atoms with van der Waals surface area (Å²) >= 11 is 0. The van der Waals surface area contributed by atoms with Gasteiger partial charge >= 0.3 is 0 Å². The van der Waals surface area contributed by atoms with Gasteiger partial charge in [-0.15, -0.1) is 0 Å². The third-order valence-electron chi connectivity index (χ3n) is 1.54. The first-order valence-corrected chi connectivity index (χ1v) is 2.74. The molecule has 0 radical (unpaired) electrons. The fourth-order valence-electron chi connectivity index (χ4n) is 0.800. The summed E-state index contributed by atoms with van der Waals surface area (Å²) in [6.45, 7) is 1.46. The summed E-state index contributed by atoms with van der Waals surface area (Å²) in [5.41, 5.74) is -1.23. The lowest BCUT2D eigenvalue weighted by Crippen LogP contribution is -2.32. The van der Waals surface area contributed by atoms with Crippen LogP contribution < -0.4 is 0 Å². The normalized spacial score (nSPS) is 57.6. The average Bonchev–Trinajstić information content (AvgIpc) is 1.73. The zero-order valence-electron chi connectivity index (χ0n) is 6.89. The average molecular weight is 118 g/mol. The standard InChI is InChI=1S/C6H12O2/c1-6(8)4-2-3-5(6)7/h5,7-8H,2-4H2,1H3/t5-,6+/m0/s1/i2D2. The van der Waals surface area contributed by atoms with Crippen molar-refractivity contribution >= 4 is 0 Å². The van der Waals surface area contributed by atoms with Gasteiger partial charge in [0.1, 0.15) is 0 Å². The van der Waals surface area contributed by atoms with Crippen LogP contribution in [0.1, 0.15) is 28.9 Å². The Bertz CT molecular complexity index is 145. The monoisotopic (exact) mass is 118 g/mol. The van der Waals surface area contributed by atoms with E-state index < -0.39 is 18.1 Å². The van der Waals surface area contributed by atoms with Gasteiger partial charge in [0, 0.05) is 2.74 Å². The molecule has 0 aromatic rings. The quantitative estimate of drug-likeness (QED) is 0.479. The molecule has 2 N–H and O–H groups in total. The van der Waals surface area contributed by atoms with Gasteiger partial charge in [-0.2, -0.15) is 0 Å². The van der Waals surface area contributed by atoms with E-state index in [2.05, 4.69) is 0 Å². The van der Waals surface area contributed by atoms with Crippen LogP contribution in [0.25, 0.3) is 0 Å². The molecule has 0 spiro atoms. The first-order chi connectivity index (χ1) is 4.33. The minimum Gasteiger partial charge on any atom is -0.390 e. The summed E-state index contributed by atoms with van der Waals surface area (Å²) in [6, 6.07) is 0. The summed E-state index contributed by atoms with van der Waals surface area (Å²) in [4.78, 5) is 0. The fourth-order valence-corrected chi connectivity index (χ4v) is 0.800. The van der Waals surface area contributed by atoms with Crippen molar-refractivity contribution in [3.05, 3.63) is 0 Å². The van der Waals surface area contributed by atoms with E-state index in [4.69, 9.17) is 7.85 Å². The third-order valence-corrected chi connectivity index (χ3v) is 1.54. The van der Waals surface area contributed by atoms with Crippen LogP contribution in [-0.2, 0) is 0 Å². The van der Waals surface area contributed by atoms with Crippen molar-refractivity contribution < 1.29 is 13.0 Å². The maximum atomic E-state index is 9.31. The van der Waals surface area contributed by atoms with Gasteiger partial charge in [-0.1, -0.05) is 0 Å². The second kappa shape index (κ2) is 1.71. The predicted octanol–water partition coefficient (Wildman–Crippen LogP) is 0.282. The number of hydrogen-bond donors (Lipinski definition) is 2. The molecule has 1 rings (SSSR count). The minimum absolute atomic E-state index is 0.0289. The van der Waals surface area contributed by atoms with Crippen LogP contribution in [0.3, 0.4) is 0 Å². The topological polar surface area (TPSA) is 40.5 Å². The van der Waals surface area contributed by atoms with Crippen molar-refractivity contribution in [2.75, 3.05) is 0 Å². The van der Waals surface area contributed by atoms with Gasteiger partial charge in [-0.05, 0) is 26.1 Å². The first kappa shape index (κ1) is 3.85. The maximum Gasteiger partial charge on any atom is 0.0877 e. The van der Waals surface area contributed by atoms with Crippen molar-refractivity contribution in [2.24, 2.45) is 0 Å². The van der Waals surface area contributed by atoms with E-state index in [1.807, 2.05) is 0 Å². The van der Waals surface area contributed by atoms with Gasteiger partial charge < -0.3 is 10.2 Å².